The Morgan fingerprint density at radius 3 is 2.47 bits per heavy atom. The molecule has 5 aliphatic carbocycles. The zero-order valence-electron chi connectivity index (χ0n) is 22.3. The molecular formula is C31H51N. The quantitative estimate of drug-likeness (QED) is 0.439. The van der Waals surface area contributed by atoms with Crippen molar-refractivity contribution in [1.29, 1.82) is 0 Å². The fourth-order valence-electron chi connectivity index (χ4n) is 10.8. The summed E-state index contributed by atoms with van der Waals surface area (Å²) in [6, 6.07) is 0. The van der Waals surface area contributed by atoms with Crippen molar-refractivity contribution in [2.75, 3.05) is 0 Å². The van der Waals surface area contributed by atoms with E-state index in [4.69, 9.17) is 5.73 Å². The summed E-state index contributed by atoms with van der Waals surface area (Å²) in [7, 11) is 0. The van der Waals surface area contributed by atoms with Crippen LogP contribution in [0.2, 0.25) is 0 Å². The number of allylic oxidation sites excluding steroid dienone is 3. The van der Waals surface area contributed by atoms with Crippen LogP contribution in [0.3, 0.4) is 0 Å². The van der Waals surface area contributed by atoms with Crippen LogP contribution in [0, 0.1) is 45.3 Å². The summed E-state index contributed by atoms with van der Waals surface area (Å²) in [5.41, 5.74) is 12.0. The van der Waals surface area contributed by atoms with E-state index in [1.165, 1.54) is 76.2 Å². The Morgan fingerprint density at radius 2 is 1.78 bits per heavy atom. The van der Waals surface area contributed by atoms with Gasteiger partial charge in [-0.05, 0) is 131 Å². The van der Waals surface area contributed by atoms with Crippen molar-refractivity contribution >= 4 is 0 Å². The van der Waals surface area contributed by atoms with E-state index in [2.05, 4.69) is 60.6 Å². The number of nitrogens with two attached hydrogens (primary N) is 1. The molecule has 5 aliphatic rings. The standard InChI is InChI=1S/C31H51N/c1-8-30-19-18-29(7,32)27(4,5)25(30)13-11-22-23-12-14-26-28(6,16-9-10-21(2)3)20-31(23,26)17-15-24(22)30/h10,13,22-24,26H,8-9,11-12,14-20,32H2,1-7H3. The van der Waals surface area contributed by atoms with Crippen LogP contribution in [0.25, 0.3) is 0 Å². The summed E-state index contributed by atoms with van der Waals surface area (Å²) in [5.74, 6) is 3.86. The van der Waals surface area contributed by atoms with E-state index in [1.54, 1.807) is 5.57 Å². The van der Waals surface area contributed by atoms with Crippen LogP contribution in [-0.2, 0) is 0 Å². The maximum absolute atomic E-state index is 6.92. The highest BCUT2D eigenvalue weighted by Crippen LogP contribution is 2.78. The van der Waals surface area contributed by atoms with Gasteiger partial charge in [0, 0.05) is 11.0 Å². The van der Waals surface area contributed by atoms with Gasteiger partial charge < -0.3 is 5.73 Å². The summed E-state index contributed by atoms with van der Waals surface area (Å²) in [5, 5.41) is 0. The Balaban J connectivity index is 1.42. The molecule has 4 fully saturated rings. The van der Waals surface area contributed by atoms with Crippen LogP contribution >= 0.6 is 0 Å². The second-order valence-corrected chi connectivity index (χ2v) is 14.3. The van der Waals surface area contributed by atoms with Crippen LogP contribution in [0.15, 0.2) is 23.3 Å². The molecule has 32 heavy (non-hydrogen) atoms. The van der Waals surface area contributed by atoms with Crippen molar-refractivity contribution in [2.45, 2.75) is 125 Å². The number of fused-ring (bicyclic) bond motifs is 4. The molecule has 8 atom stereocenters. The molecule has 5 rings (SSSR count). The van der Waals surface area contributed by atoms with E-state index in [0.717, 1.165) is 23.7 Å². The lowest BCUT2D eigenvalue weighted by Gasteiger charge is -2.69. The van der Waals surface area contributed by atoms with Gasteiger partial charge in [0.15, 0.2) is 0 Å². The molecule has 0 aromatic carbocycles. The zero-order valence-corrected chi connectivity index (χ0v) is 22.3. The maximum Gasteiger partial charge on any atom is 0.0215 e. The maximum atomic E-state index is 6.92. The fourth-order valence-corrected chi connectivity index (χ4v) is 10.8. The number of hydrogen-bond acceptors (Lipinski definition) is 1. The van der Waals surface area contributed by atoms with Crippen molar-refractivity contribution in [2.24, 2.45) is 51.1 Å². The Morgan fingerprint density at radius 1 is 1.03 bits per heavy atom. The lowest BCUT2D eigenvalue weighted by atomic mass is 9.36. The Labute approximate surface area is 199 Å². The molecule has 4 saturated carbocycles. The average molecular weight is 438 g/mol. The van der Waals surface area contributed by atoms with Gasteiger partial charge in [0.25, 0.3) is 0 Å². The van der Waals surface area contributed by atoms with Crippen molar-refractivity contribution in [3.8, 4) is 0 Å². The molecule has 8 unspecified atom stereocenters. The van der Waals surface area contributed by atoms with Crippen LogP contribution in [0.4, 0.5) is 0 Å². The molecule has 1 heteroatoms. The van der Waals surface area contributed by atoms with Gasteiger partial charge in [0.05, 0.1) is 0 Å². The molecule has 0 aliphatic heterocycles. The van der Waals surface area contributed by atoms with E-state index in [1.807, 2.05) is 0 Å². The zero-order chi connectivity index (χ0) is 23.2. The molecule has 1 spiro atoms. The second-order valence-electron chi connectivity index (χ2n) is 14.3. The van der Waals surface area contributed by atoms with Crippen molar-refractivity contribution < 1.29 is 0 Å². The highest BCUT2D eigenvalue weighted by Gasteiger charge is 2.70. The van der Waals surface area contributed by atoms with E-state index in [0.29, 0.717) is 16.2 Å². The average Bonchev–Trinajstić information content (AvgIpc) is 3.04. The molecular weight excluding hydrogens is 386 g/mol. The summed E-state index contributed by atoms with van der Waals surface area (Å²) in [6.45, 7) is 16.9. The monoisotopic (exact) mass is 437 g/mol. The minimum absolute atomic E-state index is 0.0697. The molecule has 1 nitrogen and oxygen atoms in total. The largest absolute Gasteiger partial charge is 0.325 e. The summed E-state index contributed by atoms with van der Waals surface area (Å²) < 4.78 is 0. The molecule has 0 bridgehead atoms. The van der Waals surface area contributed by atoms with E-state index < -0.39 is 0 Å². The topological polar surface area (TPSA) is 26.0 Å². The van der Waals surface area contributed by atoms with Gasteiger partial charge in [-0.1, -0.05) is 51.0 Å². The van der Waals surface area contributed by atoms with Gasteiger partial charge in [-0.2, -0.15) is 0 Å². The molecule has 2 N–H and O–H groups in total. The highest BCUT2D eigenvalue weighted by atomic mass is 14.8. The first-order valence-electron chi connectivity index (χ1n) is 14.1. The summed E-state index contributed by atoms with van der Waals surface area (Å²) in [4.78, 5) is 0. The fraction of sp³-hybridized carbons (Fsp3) is 0.871. The van der Waals surface area contributed by atoms with Crippen LogP contribution < -0.4 is 5.73 Å². The first-order valence-corrected chi connectivity index (χ1v) is 14.1. The van der Waals surface area contributed by atoms with Crippen molar-refractivity contribution in [1.82, 2.24) is 0 Å². The highest BCUT2D eigenvalue weighted by molar-refractivity contribution is 5.35. The van der Waals surface area contributed by atoms with Gasteiger partial charge in [-0.3, -0.25) is 0 Å². The summed E-state index contributed by atoms with van der Waals surface area (Å²) in [6.07, 6.45) is 20.7. The lowest BCUT2D eigenvalue weighted by Crippen LogP contribution is -2.63. The smallest absolute Gasteiger partial charge is 0.0215 e. The van der Waals surface area contributed by atoms with Gasteiger partial charge >= 0.3 is 0 Å². The minimum atomic E-state index is -0.0697. The third-order valence-electron chi connectivity index (χ3n) is 12.7. The van der Waals surface area contributed by atoms with Gasteiger partial charge in [0.1, 0.15) is 0 Å². The predicted octanol–water partition coefficient (Wildman–Crippen LogP) is 8.45. The molecule has 0 radical (unpaired) electrons. The Bertz CT molecular complexity index is 825. The predicted molar refractivity (Wildman–Crippen MR) is 137 cm³/mol. The minimum Gasteiger partial charge on any atom is -0.325 e. The lowest BCUT2D eigenvalue weighted by molar-refractivity contribution is -0.177. The first-order chi connectivity index (χ1) is 14.9. The molecule has 0 aromatic heterocycles. The van der Waals surface area contributed by atoms with Crippen molar-refractivity contribution in [3.05, 3.63) is 23.3 Å². The Hall–Kier alpha value is -0.560. The number of rotatable bonds is 4. The van der Waals surface area contributed by atoms with E-state index in [9.17, 15) is 0 Å². The third kappa shape index (κ3) is 2.85. The Kier molecular flexibility index (Phi) is 5.23. The second kappa shape index (κ2) is 7.22. The van der Waals surface area contributed by atoms with Gasteiger partial charge in [0.2, 0.25) is 0 Å². The first kappa shape index (κ1) is 23.2. The number of hydrogen-bond donors (Lipinski definition) is 1. The molecule has 0 saturated heterocycles. The van der Waals surface area contributed by atoms with Gasteiger partial charge in [-0.25, -0.2) is 0 Å². The molecule has 0 amide bonds. The SMILES string of the molecule is CCC12CCC(C)(N)C(C)(C)C1=CCC1C2CCC23CC(C)(CCC=C(C)C)C2CCC13. The molecule has 180 valence electrons. The van der Waals surface area contributed by atoms with Crippen LogP contribution in [0.1, 0.15) is 119 Å². The van der Waals surface area contributed by atoms with E-state index in [-0.39, 0.29) is 11.0 Å². The van der Waals surface area contributed by atoms with Crippen molar-refractivity contribution in [3.63, 3.8) is 0 Å². The van der Waals surface area contributed by atoms with Crippen LogP contribution in [0.5, 0.6) is 0 Å². The molecule has 0 aromatic rings. The van der Waals surface area contributed by atoms with Gasteiger partial charge in [-0.15, -0.1) is 0 Å². The summed E-state index contributed by atoms with van der Waals surface area (Å²) >= 11 is 0. The van der Waals surface area contributed by atoms with Crippen LogP contribution in [-0.4, -0.2) is 5.54 Å². The normalized spacial score (nSPS) is 50.8. The third-order valence-corrected chi connectivity index (χ3v) is 12.7. The molecule has 0 heterocycles. The van der Waals surface area contributed by atoms with E-state index >= 15 is 0 Å².